The molecule has 1 aromatic heterocycles. The summed E-state index contributed by atoms with van der Waals surface area (Å²) in [6.07, 6.45) is 1.19. The minimum absolute atomic E-state index is 0.253. The first-order valence-electron chi connectivity index (χ1n) is 5.02. The first-order chi connectivity index (χ1) is 6.59. The van der Waals surface area contributed by atoms with Crippen LogP contribution >= 0.6 is 11.6 Å². The minimum atomic E-state index is -0.253. The lowest BCUT2D eigenvalue weighted by Crippen LogP contribution is -2.24. The molecule has 0 saturated heterocycles. The largest absolute Gasteiger partial charge is 0.393 e. The van der Waals surface area contributed by atoms with E-state index in [2.05, 4.69) is 23.4 Å². The van der Waals surface area contributed by atoms with Crippen molar-refractivity contribution in [3.05, 3.63) is 16.7 Å². The molecule has 1 atom stereocenters. The quantitative estimate of drug-likeness (QED) is 0.776. The van der Waals surface area contributed by atoms with Crippen LogP contribution in [0.1, 0.15) is 37.7 Å². The van der Waals surface area contributed by atoms with Crippen molar-refractivity contribution in [2.75, 3.05) is 0 Å². The molecule has 2 rings (SSSR count). The van der Waals surface area contributed by atoms with Crippen LogP contribution in [0.3, 0.4) is 0 Å². The number of fused-ring (bicyclic) bond motifs is 1. The topological polar surface area (TPSA) is 38.0 Å². The van der Waals surface area contributed by atoms with Crippen molar-refractivity contribution in [3.63, 3.8) is 0 Å². The third-order valence-corrected chi connectivity index (χ3v) is 2.99. The van der Waals surface area contributed by atoms with Crippen LogP contribution in [-0.4, -0.2) is 20.8 Å². The average Bonchev–Trinajstić information content (AvgIpc) is 2.44. The second-order valence-corrected chi connectivity index (χ2v) is 4.52. The number of imidazole rings is 1. The Morgan fingerprint density at radius 1 is 1.57 bits per heavy atom. The molecule has 0 spiro atoms. The highest BCUT2D eigenvalue weighted by molar-refractivity contribution is 6.30. The summed E-state index contributed by atoms with van der Waals surface area (Å²) in [5.41, 5.74) is 0.995. The summed E-state index contributed by atoms with van der Waals surface area (Å²) < 4.78 is 2.15. The standard InChI is InChI=1S/C10H15ClN2O/c1-6(2)10-12-9(11)8-5-7(14)3-4-13(8)10/h6-7,14H,3-5H2,1-2H3. The van der Waals surface area contributed by atoms with E-state index in [1.54, 1.807) is 0 Å². The molecule has 1 N–H and O–H groups in total. The van der Waals surface area contributed by atoms with E-state index in [-0.39, 0.29) is 6.10 Å². The van der Waals surface area contributed by atoms with Gasteiger partial charge in [-0.15, -0.1) is 0 Å². The molecule has 1 aromatic rings. The molecule has 0 fully saturated rings. The van der Waals surface area contributed by atoms with Gasteiger partial charge >= 0.3 is 0 Å². The summed E-state index contributed by atoms with van der Waals surface area (Å²) in [6, 6.07) is 0. The fourth-order valence-electron chi connectivity index (χ4n) is 1.96. The Kier molecular flexibility index (Phi) is 2.54. The Morgan fingerprint density at radius 3 is 2.93 bits per heavy atom. The molecule has 0 aliphatic carbocycles. The SMILES string of the molecule is CC(C)c1nc(Cl)c2n1CCC(O)C2. The predicted molar refractivity (Wildman–Crippen MR) is 55.7 cm³/mol. The summed E-state index contributed by atoms with van der Waals surface area (Å²) in [4.78, 5) is 4.34. The Labute approximate surface area is 88.7 Å². The van der Waals surface area contributed by atoms with Gasteiger partial charge in [0.1, 0.15) is 5.82 Å². The van der Waals surface area contributed by atoms with Gasteiger partial charge in [-0.1, -0.05) is 25.4 Å². The minimum Gasteiger partial charge on any atom is -0.393 e. The zero-order valence-corrected chi connectivity index (χ0v) is 9.25. The Morgan fingerprint density at radius 2 is 2.29 bits per heavy atom. The molecule has 0 bridgehead atoms. The van der Waals surface area contributed by atoms with Crippen LogP contribution in [0.4, 0.5) is 0 Å². The van der Waals surface area contributed by atoms with Crippen molar-refractivity contribution in [1.82, 2.24) is 9.55 Å². The third-order valence-electron chi connectivity index (χ3n) is 2.68. The summed E-state index contributed by atoms with van der Waals surface area (Å²) in [5, 5.41) is 10.1. The summed E-state index contributed by atoms with van der Waals surface area (Å²) in [5.74, 6) is 1.42. The molecule has 0 saturated carbocycles. The van der Waals surface area contributed by atoms with Crippen molar-refractivity contribution in [1.29, 1.82) is 0 Å². The number of halogens is 1. The molecule has 14 heavy (non-hydrogen) atoms. The van der Waals surface area contributed by atoms with E-state index in [0.29, 0.717) is 17.5 Å². The molecule has 2 heterocycles. The molecule has 0 radical (unpaired) electrons. The maximum atomic E-state index is 9.53. The normalized spacial score (nSPS) is 21.4. The summed E-state index contributed by atoms with van der Waals surface area (Å²) >= 11 is 6.03. The van der Waals surface area contributed by atoms with E-state index in [4.69, 9.17) is 11.6 Å². The van der Waals surface area contributed by atoms with Crippen molar-refractivity contribution in [3.8, 4) is 0 Å². The van der Waals surface area contributed by atoms with Gasteiger partial charge in [-0.2, -0.15) is 0 Å². The van der Waals surface area contributed by atoms with Gasteiger partial charge in [0.15, 0.2) is 5.15 Å². The first-order valence-corrected chi connectivity index (χ1v) is 5.40. The number of hydrogen-bond acceptors (Lipinski definition) is 2. The monoisotopic (exact) mass is 214 g/mol. The Bertz CT molecular complexity index is 346. The molecular weight excluding hydrogens is 200 g/mol. The molecule has 4 heteroatoms. The van der Waals surface area contributed by atoms with Gasteiger partial charge in [-0.05, 0) is 6.42 Å². The molecule has 78 valence electrons. The molecule has 1 aliphatic rings. The van der Waals surface area contributed by atoms with E-state index < -0.39 is 0 Å². The molecule has 1 unspecified atom stereocenters. The Balaban J connectivity index is 2.44. The highest BCUT2D eigenvalue weighted by atomic mass is 35.5. The van der Waals surface area contributed by atoms with Gasteiger partial charge in [-0.25, -0.2) is 4.98 Å². The maximum Gasteiger partial charge on any atom is 0.150 e. The van der Waals surface area contributed by atoms with Crippen molar-refractivity contribution >= 4 is 11.6 Å². The number of aliphatic hydroxyl groups is 1. The van der Waals surface area contributed by atoms with E-state index in [1.807, 2.05) is 0 Å². The maximum absolute atomic E-state index is 9.53. The summed E-state index contributed by atoms with van der Waals surface area (Å²) in [7, 11) is 0. The van der Waals surface area contributed by atoms with Gasteiger partial charge in [0, 0.05) is 18.9 Å². The number of aliphatic hydroxyl groups excluding tert-OH is 1. The van der Waals surface area contributed by atoms with Crippen LogP contribution < -0.4 is 0 Å². The van der Waals surface area contributed by atoms with Gasteiger partial charge in [0.25, 0.3) is 0 Å². The number of rotatable bonds is 1. The van der Waals surface area contributed by atoms with Crippen molar-refractivity contribution in [2.24, 2.45) is 0 Å². The first kappa shape index (κ1) is 9.99. The Hall–Kier alpha value is -0.540. The van der Waals surface area contributed by atoms with Crippen LogP contribution in [0.15, 0.2) is 0 Å². The zero-order valence-electron chi connectivity index (χ0n) is 8.50. The van der Waals surface area contributed by atoms with E-state index in [1.165, 1.54) is 0 Å². The van der Waals surface area contributed by atoms with Crippen LogP contribution in [0.2, 0.25) is 5.15 Å². The predicted octanol–water partition coefficient (Wildman–Crippen LogP) is 1.97. The van der Waals surface area contributed by atoms with Crippen molar-refractivity contribution < 1.29 is 5.11 Å². The average molecular weight is 215 g/mol. The van der Waals surface area contributed by atoms with Crippen LogP contribution in [0.25, 0.3) is 0 Å². The number of hydrogen-bond donors (Lipinski definition) is 1. The van der Waals surface area contributed by atoms with Crippen LogP contribution in [-0.2, 0) is 13.0 Å². The smallest absolute Gasteiger partial charge is 0.150 e. The van der Waals surface area contributed by atoms with Gasteiger partial charge in [0.05, 0.1) is 11.8 Å². The molecule has 0 aromatic carbocycles. The lowest BCUT2D eigenvalue weighted by molar-refractivity contribution is 0.142. The summed E-state index contributed by atoms with van der Waals surface area (Å²) in [6.45, 7) is 5.05. The number of aromatic nitrogens is 2. The molecule has 0 amide bonds. The molecule has 1 aliphatic heterocycles. The highest BCUT2D eigenvalue weighted by Crippen LogP contribution is 2.27. The third kappa shape index (κ3) is 1.55. The fourth-order valence-corrected chi connectivity index (χ4v) is 2.23. The van der Waals surface area contributed by atoms with Gasteiger partial charge in [0.2, 0.25) is 0 Å². The molecule has 3 nitrogen and oxygen atoms in total. The van der Waals surface area contributed by atoms with E-state index in [9.17, 15) is 5.11 Å². The highest BCUT2D eigenvalue weighted by Gasteiger charge is 2.24. The zero-order chi connectivity index (χ0) is 10.3. The molecular formula is C10H15ClN2O. The number of nitrogens with zero attached hydrogens (tertiary/aromatic N) is 2. The van der Waals surface area contributed by atoms with Crippen molar-refractivity contribution in [2.45, 2.75) is 45.3 Å². The second kappa shape index (κ2) is 3.55. The van der Waals surface area contributed by atoms with Gasteiger partial charge < -0.3 is 9.67 Å². The van der Waals surface area contributed by atoms with E-state index >= 15 is 0 Å². The lowest BCUT2D eigenvalue weighted by atomic mass is 10.1. The second-order valence-electron chi connectivity index (χ2n) is 4.16. The van der Waals surface area contributed by atoms with E-state index in [0.717, 1.165) is 24.5 Å². The van der Waals surface area contributed by atoms with Crippen LogP contribution in [0, 0.1) is 0 Å². The van der Waals surface area contributed by atoms with Crippen LogP contribution in [0.5, 0.6) is 0 Å². The fraction of sp³-hybridized carbons (Fsp3) is 0.700. The lowest BCUT2D eigenvalue weighted by Gasteiger charge is -2.22. The van der Waals surface area contributed by atoms with Gasteiger partial charge in [-0.3, -0.25) is 0 Å².